The van der Waals surface area contributed by atoms with E-state index in [1.165, 1.54) is 6.92 Å². The van der Waals surface area contributed by atoms with Gasteiger partial charge in [-0.05, 0) is 36.4 Å². The Bertz CT molecular complexity index is 1130. The van der Waals surface area contributed by atoms with Gasteiger partial charge >= 0.3 is 0 Å². The van der Waals surface area contributed by atoms with Crippen molar-refractivity contribution in [1.29, 1.82) is 0 Å². The molecule has 0 bridgehead atoms. The number of benzene rings is 3. The summed E-state index contributed by atoms with van der Waals surface area (Å²) in [5.74, 6) is 1.87. The van der Waals surface area contributed by atoms with Gasteiger partial charge in [0.2, 0.25) is 5.91 Å². The first-order valence-corrected chi connectivity index (χ1v) is 9.57. The van der Waals surface area contributed by atoms with Gasteiger partial charge in [-0.25, -0.2) is 9.97 Å². The van der Waals surface area contributed by atoms with Gasteiger partial charge in [0.25, 0.3) is 0 Å². The van der Waals surface area contributed by atoms with Crippen LogP contribution in [-0.2, 0) is 4.79 Å². The number of nitrogens with zero attached hydrogens (tertiary/aromatic N) is 2. The summed E-state index contributed by atoms with van der Waals surface area (Å²) in [5.41, 5.74) is 3.47. The molecule has 0 aliphatic carbocycles. The number of rotatable bonds is 6. The van der Waals surface area contributed by atoms with Crippen molar-refractivity contribution in [3.05, 3.63) is 91.0 Å². The maximum absolute atomic E-state index is 11.2. The van der Waals surface area contributed by atoms with E-state index in [1.54, 1.807) is 0 Å². The van der Waals surface area contributed by atoms with Gasteiger partial charge < -0.3 is 16.0 Å². The fourth-order valence-corrected chi connectivity index (χ4v) is 2.95. The highest BCUT2D eigenvalue weighted by molar-refractivity contribution is 5.88. The number of hydrogen-bond donors (Lipinski definition) is 3. The molecule has 0 saturated carbocycles. The maximum atomic E-state index is 11.2. The normalized spacial score (nSPS) is 10.3. The third kappa shape index (κ3) is 4.99. The minimum Gasteiger partial charge on any atom is -0.340 e. The Hall–Kier alpha value is -4.19. The molecule has 1 amide bonds. The maximum Gasteiger partial charge on any atom is 0.221 e. The van der Waals surface area contributed by atoms with Crippen molar-refractivity contribution in [2.24, 2.45) is 0 Å². The Kier molecular flexibility index (Phi) is 5.66. The van der Waals surface area contributed by atoms with E-state index < -0.39 is 0 Å². The molecule has 6 heteroatoms. The Morgan fingerprint density at radius 3 is 1.73 bits per heavy atom. The fraction of sp³-hybridized carbons (Fsp3) is 0.0417. The molecule has 3 aromatic carbocycles. The molecular formula is C24H21N5O. The highest BCUT2D eigenvalue weighted by Crippen LogP contribution is 2.25. The van der Waals surface area contributed by atoms with E-state index in [1.807, 2.05) is 91.0 Å². The standard InChI is InChI=1S/C24H21N5O/c1-17(30)25-20-12-14-21(15-13-20)27-23-16-22(26-19-10-6-3-7-11-19)28-24(29-23)18-8-4-2-5-9-18/h2-16H,1H3,(H,25,30)(H2,26,27,28,29). The summed E-state index contributed by atoms with van der Waals surface area (Å²) in [4.78, 5) is 20.6. The molecule has 0 aliphatic heterocycles. The third-order valence-corrected chi connectivity index (χ3v) is 4.28. The Morgan fingerprint density at radius 2 is 1.17 bits per heavy atom. The average molecular weight is 395 g/mol. The van der Waals surface area contributed by atoms with E-state index in [-0.39, 0.29) is 5.91 Å². The van der Waals surface area contributed by atoms with Gasteiger partial charge in [0, 0.05) is 35.6 Å². The summed E-state index contributed by atoms with van der Waals surface area (Å²) in [6.07, 6.45) is 0. The number of amides is 1. The number of carbonyl (C=O) groups excluding carboxylic acids is 1. The smallest absolute Gasteiger partial charge is 0.221 e. The van der Waals surface area contributed by atoms with Crippen molar-refractivity contribution in [2.45, 2.75) is 6.92 Å². The van der Waals surface area contributed by atoms with Crippen LogP contribution in [-0.4, -0.2) is 15.9 Å². The molecule has 3 N–H and O–H groups in total. The molecule has 0 spiro atoms. The lowest BCUT2D eigenvalue weighted by atomic mass is 10.2. The van der Waals surface area contributed by atoms with Gasteiger partial charge in [-0.3, -0.25) is 4.79 Å². The first-order chi connectivity index (χ1) is 14.7. The minimum absolute atomic E-state index is 0.101. The van der Waals surface area contributed by atoms with E-state index in [4.69, 9.17) is 0 Å². The molecule has 1 aromatic heterocycles. The molecule has 6 nitrogen and oxygen atoms in total. The highest BCUT2D eigenvalue weighted by Gasteiger charge is 2.08. The summed E-state index contributed by atoms with van der Waals surface area (Å²) in [5, 5.41) is 9.41. The Labute approximate surface area is 175 Å². The zero-order chi connectivity index (χ0) is 20.8. The van der Waals surface area contributed by atoms with Gasteiger partial charge in [0.15, 0.2) is 5.82 Å². The molecular weight excluding hydrogens is 374 g/mol. The monoisotopic (exact) mass is 395 g/mol. The number of hydrogen-bond acceptors (Lipinski definition) is 5. The van der Waals surface area contributed by atoms with Crippen molar-refractivity contribution >= 4 is 34.6 Å². The van der Waals surface area contributed by atoms with Gasteiger partial charge in [0.1, 0.15) is 11.6 Å². The van der Waals surface area contributed by atoms with E-state index in [0.29, 0.717) is 17.5 Å². The first kappa shape index (κ1) is 19.1. The van der Waals surface area contributed by atoms with Crippen molar-refractivity contribution < 1.29 is 4.79 Å². The second-order valence-electron chi connectivity index (χ2n) is 6.70. The fourth-order valence-electron chi connectivity index (χ4n) is 2.95. The molecule has 4 aromatic rings. The minimum atomic E-state index is -0.101. The summed E-state index contributed by atoms with van der Waals surface area (Å²) < 4.78 is 0. The lowest BCUT2D eigenvalue weighted by molar-refractivity contribution is -0.114. The summed E-state index contributed by atoms with van der Waals surface area (Å²) >= 11 is 0. The summed E-state index contributed by atoms with van der Waals surface area (Å²) in [7, 11) is 0. The first-order valence-electron chi connectivity index (χ1n) is 9.57. The van der Waals surface area contributed by atoms with Crippen LogP contribution in [0.1, 0.15) is 6.92 Å². The quantitative estimate of drug-likeness (QED) is 0.397. The SMILES string of the molecule is CC(=O)Nc1ccc(Nc2cc(Nc3ccccc3)nc(-c3ccccc3)n2)cc1. The average Bonchev–Trinajstić information content (AvgIpc) is 2.76. The van der Waals surface area contributed by atoms with Crippen molar-refractivity contribution in [3.8, 4) is 11.4 Å². The molecule has 0 radical (unpaired) electrons. The lowest BCUT2D eigenvalue weighted by Crippen LogP contribution is -2.05. The molecule has 4 rings (SSSR count). The topological polar surface area (TPSA) is 78.9 Å². The molecule has 0 aliphatic rings. The summed E-state index contributed by atoms with van der Waals surface area (Å²) in [6, 6.07) is 29.0. The number of nitrogens with one attached hydrogen (secondary N) is 3. The molecule has 0 saturated heterocycles. The van der Waals surface area contributed by atoms with Crippen LogP contribution in [0.4, 0.5) is 28.7 Å². The second-order valence-corrected chi connectivity index (χ2v) is 6.70. The lowest BCUT2D eigenvalue weighted by Gasteiger charge is -2.12. The number of anilines is 5. The number of aromatic nitrogens is 2. The molecule has 30 heavy (non-hydrogen) atoms. The van der Waals surface area contributed by atoms with Crippen LogP contribution in [0, 0.1) is 0 Å². The molecule has 1 heterocycles. The van der Waals surface area contributed by atoms with Crippen molar-refractivity contribution in [3.63, 3.8) is 0 Å². The Balaban J connectivity index is 1.64. The van der Waals surface area contributed by atoms with Gasteiger partial charge in [-0.1, -0.05) is 48.5 Å². The number of para-hydroxylation sites is 1. The van der Waals surface area contributed by atoms with Crippen LogP contribution in [0.2, 0.25) is 0 Å². The van der Waals surface area contributed by atoms with Gasteiger partial charge in [-0.2, -0.15) is 0 Å². The van der Waals surface area contributed by atoms with Crippen molar-refractivity contribution in [2.75, 3.05) is 16.0 Å². The number of carbonyl (C=O) groups is 1. The Morgan fingerprint density at radius 1 is 0.667 bits per heavy atom. The zero-order valence-corrected chi connectivity index (χ0v) is 16.5. The molecule has 148 valence electrons. The largest absolute Gasteiger partial charge is 0.340 e. The van der Waals surface area contributed by atoms with E-state index in [2.05, 4.69) is 25.9 Å². The zero-order valence-electron chi connectivity index (χ0n) is 16.5. The van der Waals surface area contributed by atoms with Crippen LogP contribution in [0.25, 0.3) is 11.4 Å². The molecule has 0 unspecified atom stereocenters. The van der Waals surface area contributed by atoms with Gasteiger partial charge in [0.05, 0.1) is 0 Å². The van der Waals surface area contributed by atoms with Gasteiger partial charge in [-0.15, -0.1) is 0 Å². The van der Waals surface area contributed by atoms with Crippen molar-refractivity contribution in [1.82, 2.24) is 9.97 Å². The van der Waals surface area contributed by atoms with Crippen LogP contribution in [0.15, 0.2) is 91.0 Å². The third-order valence-electron chi connectivity index (χ3n) is 4.28. The van der Waals surface area contributed by atoms with Crippen LogP contribution in [0.3, 0.4) is 0 Å². The van der Waals surface area contributed by atoms with E-state index in [9.17, 15) is 4.79 Å². The predicted molar refractivity (Wildman–Crippen MR) is 121 cm³/mol. The van der Waals surface area contributed by atoms with E-state index in [0.717, 1.165) is 22.6 Å². The molecule has 0 fully saturated rings. The molecule has 0 atom stereocenters. The van der Waals surface area contributed by atoms with Crippen LogP contribution in [0.5, 0.6) is 0 Å². The van der Waals surface area contributed by atoms with Crippen LogP contribution < -0.4 is 16.0 Å². The highest BCUT2D eigenvalue weighted by atomic mass is 16.1. The predicted octanol–water partition coefficient (Wildman–Crippen LogP) is 5.59. The second kappa shape index (κ2) is 8.87. The van der Waals surface area contributed by atoms with Crippen LogP contribution >= 0.6 is 0 Å². The van der Waals surface area contributed by atoms with E-state index >= 15 is 0 Å². The summed E-state index contributed by atoms with van der Waals surface area (Å²) in [6.45, 7) is 1.49.